The average Bonchev–Trinajstić information content (AvgIpc) is 3.73. The van der Waals surface area contributed by atoms with Crippen molar-refractivity contribution in [1.29, 1.82) is 10.5 Å². The Morgan fingerprint density at radius 3 is 2.41 bits per heavy atom. The van der Waals surface area contributed by atoms with Crippen LogP contribution in [0.2, 0.25) is 0 Å². The molecule has 0 radical (unpaired) electrons. The van der Waals surface area contributed by atoms with E-state index in [0.717, 1.165) is 29.5 Å². The normalized spacial score (nSPS) is 16.9. The van der Waals surface area contributed by atoms with Crippen molar-refractivity contribution in [1.82, 2.24) is 4.98 Å². The number of hydrogen-bond acceptors (Lipinski definition) is 8. The summed E-state index contributed by atoms with van der Waals surface area (Å²) in [6, 6.07) is 16.2. The van der Waals surface area contributed by atoms with E-state index in [4.69, 9.17) is 5.73 Å². The zero-order chi connectivity index (χ0) is 27.7. The van der Waals surface area contributed by atoms with Crippen molar-refractivity contribution in [2.75, 3.05) is 10.6 Å². The third-order valence-corrected chi connectivity index (χ3v) is 7.70. The van der Waals surface area contributed by atoms with E-state index in [1.807, 2.05) is 6.07 Å². The number of nitrogen functional groups attached to an aromatic ring is 1. The zero-order valence-corrected chi connectivity index (χ0v) is 21.2. The van der Waals surface area contributed by atoms with Gasteiger partial charge in [-0.3, -0.25) is 14.4 Å². The molecule has 39 heavy (non-hydrogen) atoms. The Bertz CT molecular complexity index is 1630. The van der Waals surface area contributed by atoms with Crippen LogP contribution in [0.15, 0.2) is 59.6 Å². The van der Waals surface area contributed by atoms with Crippen LogP contribution >= 0.6 is 11.8 Å². The third kappa shape index (κ3) is 5.02. The number of amides is 2. The lowest BCUT2D eigenvalue weighted by molar-refractivity contribution is -0.121. The number of nitrogens with two attached hydrogens (primary N) is 1. The molecule has 0 unspecified atom stereocenters. The summed E-state index contributed by atoms with van der Waals surface area (Å²) in [6.45, 7) is 0. The monoisotopic (exact) mass is 537 g/mol. The van der Waals surface area contributed by atoms with Gasteiger partial charge in [0.05, 0.1) is 22.1 Å². The molecular weight excluding hydrogens is 517 g/mol. The van der Waals surface area contributed by atoms with E-state index in [1.165, 1.54) is 42.5 Å². The highest BCUT2D eigenvalue weighted by Gasteiger charge is 2.42. The molecule has 3 aromatic rings. The maximum Gasteiger partial charge on any atom is 0.247 e. The Morgan fingerprint density at radius 2 is 1.77 bits per heavy atom. The van der Waals surface area contributed by atoms with Crippen molar-refractivity contribution in [2.45, 2.75) is 35.5 Å². The highest BCUT2D eigenvalue weighted by atomic mass is 32.2. The van der Waals surface area contributed by atoms with E-state index in [2.05, 4.69) is 11.1 Å². The van der Waals surface area contributed by atoms with Crippen LogP contribution < -0.4 is 10.6 Å². The molecule has 2 aliphatic rings. The molecule has 2 amide bonds. The molecule has 2 aromatic carbocycles. The number of thioether (sulfide) groups is 1. The zero-order valence-electron chi connectivity index (χ0n) is 20.4. The first-order chi connectivity index (χ1) is 18.8. The fourth-order valence-corrected chi connectivity index (χ4v) is 5.57. The summed E-state index contributed by atoms with van der Waals surface area (Å²) in [5, 5.41) is 18.7. The Morgan fingerprint density at radius 1 is 1.08 bits per heavy atom. The lowest BCUT2D eigenvalue weighted by Gasteiger charge is -2.16. The Labute approximate surface area is 227 Å². The van der Waals surface area contributed by atoms with Gasteiger partial charge in [0.1, 0.15) is 28.8 Å². The maximum atomic E-state index is 13.8. The van der Waals surface area contributed by atoms with E-state index < -0.39 is 22.9 Å². The number of allylic oxidation sites excluding steroid dienone is 1. The number of hydrogen-bond donors (Lipinski definition) is 1. The molecule has 10 heteroatoms. The van der Waals surface area contributed by atoms with Gasteiger partial charge in [0.15, 0.2) is 5.78 Å². The molecule has 192 valence electrons. The average molecular weight is 538 g/mol. The van der Waals surface area contributed by atoms with Gasteiger partial charge in [-0.2, -0.15) is 10.5 Å². The second-order valence-corrected chi connectivity index (χ2v) is 10.3. The molecule has 2 N–H and O–H groups in total. The Kier molecular flexibility index (Phi) is 6.97. The Hall–Kier alpha value is -4.80. The largest absolute Gasteiger partial charge is 0.383 e. The molecule has 1 aliphatic carbocycles. The number of ketones is 1. The lowest BCUT2D eigenvalue weighted by atomic mass is 10.0. The fraction of sp³-hybridized carbons (Fsp3) is 0.172. The van der Waals surface area contributed by atoms with E-state index in [0.29, 0.717) is 16.8 Å². The number of carbonyl (C=O) groups excluding carboxylic acids is 3. The van der Waals surface area contributed by atoms with Gasteiger partial charge in [0.25, 0.3) is 0 Å². The molecule has 1 aliphatic heterocycles. The number of aromatic nitrogens is 1. The third-order valence-electron chi connectivity index (χ3n) is 6.53. The molecule has 5 rings (SSSR count). The van der Waals surface area contributed by atoms with Crippen molar-refractivity contribution >= 4 is 46.9 Å². The number of nitrogens with zero attached hydrogens (tertiary/aromatic N) is 4. The summed E-state index contributed by atoms with van der Waals surface area (Å²) < 4.78 is 13.8. The van der Waals surface area contributed by atoms with E-state index in [9.17, 15) is 29.3 Å². The summed E-state index contributed by atoms with van der Waals surface area (Å²) in [7, 11) is 0. The predicted octanol–water partition coefficient (Wildman–Crippen LogP) is 4.74. The van der Waals surface area contributed by atoms with Crippen LogP contribution in [0, 0.1) is 28.5 Å². The van der Waals surface area contributed by atoms with Crippen LogP contribution in [0.25, 0.3) is 6.08 Å². The van der Waals surface area contributed by atoms with Crippen LogP contribution in [0.5, 0.6) is 0 Å². The van der Waals surface area contributed by atoms with Crippen molar-refractivity contribution in [2.24, 2.45) is 0 Å². The molecule has 1 atom stereocenters. The molecule has 8 nitrogen and oxygen atoms in total. The topological polar surface area (TPSA) is 141 Å². The minimum absolute atomic E-state index is 0.00108. The van der Waals surface area contributed by atoms with Gasteiger partial charge in [-0.15, -0.1) is 0 Å². The number of anilines is 2. The maximum absolute atomic E-state index is 13.8. The van der Waals surface area contributed by atoms with Gasteiger partial charge in [0.2, 0.25) is 11.8 Å². The highest BCUT2D eigenvalue weighted by Crippen LogP contribution is 2.47. The first-order valence-electron chi connectivity index (χ1n) is 12.1. The number of rotatable bonds is 7. The van der Waals surface area contributed by atoms with Gasteiger partial charge in [-0.1, -0.05) is 30.0 Å². The number of pyridine rings is 1. The number of imide groups is 1. The minimum atomic E-state index is -0.832. The number of carbonyl (C=O) groups is 3. The summed E-state index contributed by atoms with van der Waals surface area (Å²) >= 11 is 0.990. The first-order valence-corrected chi connectivity index (χ1v) is 12.9. The molecule has 0 spiro atoms. The second kappa shape index (κ2) is 10.5. The van der Waals surface area contributed by atoms with Crippen molar-refractivity contribution in [3.63, 3.8) is 0 Å². The quantitative estimate of drug-likeness (QED) is 0.259. The molecule has 2 heterocycles. The van der Waals surface area contributed by atoms with Gasteiger partial charge in [-0.25, -0.2) is 14.3 Å². The van der Waals surface area contributed by atoms with Crippen molar-refractivity contribution in [3.05, 3.63) is 88.2 Å². The van der Waals surface area contributed by atoms with Crippen molar-refractivity contribution < 1.29 is 18.8 Å². The first kappa shape index (κ1) is 25.8. The Balaban J connectivity index is 1.34. The summed E-state index contributed by atoms with van der Waals surface area (Å²) in [5.41, 5.74) is 7.86. The van der Waals surface area contributed by atoms with E-state index in [-0.39, 0.29) is 45.7 Å². The SMILES string of the molecule is N#Cc1c(N)nc(S[C@@H]2CC(=O)N(c3ccc(C(=O)/C=C\c4ccccc4F)cc3)C2=O)c(C#N)c1C1CC1. The fourth-order valence-electron chi connectivity index (χ4n) is 4.44. The minimum Gasteiger partial charge on any atom is -0.383 e. The predicted molar refractivity (Wildman–Crippen MR) is 143 cm³/mol. The summed E-state index contributed by atoms with van der Waals surface area (Å²) in [4.78, 5) is 43.9. The van der Waals surface area contributed by atoms with E-state index in [1.54, 1.807) is 18.2 Å². The van der Waals surface area contributed by atoms with Crippen LogP contribution in [0.3, 0.4) is 0 Å². The van der Waals surface area contributed by atoms with Gasteiger partial charge >= 0.3 is 0 Å². The van der Waals surface area contributed by atoms with Gasteiger partial charge in [-0.05, 0) is 66.8 Å². The number of benzene rings is 2. The van der Waals surface area contributed by atoms with Crippen LogP contribution in [-0.2, 0) is 9.59 Å². The van der Waals surface area contributed by atoms with Gasteiger partial charge < -0.3 is 5.73 Å². The standard InChI is InChI=1S/C29H20FN5O3S/c30-22-4-2-1-3-16(22)9-12-23(36)17-7-10-19(11-8-17)35-25(37)13-24(29(35)38)39-28-21(15-32)26(18-5-6-18)20(14-31)27(33)34-28/h1-4,7-12,18,24H,5-6,13H2,(H2,33,34)/b12-9-/t24-/m1/s1. The van der Waals surface area contributed by atoms with Crippen molar-refractivity contribution in [3.8, 4) is 12.1 Å². The van der Waals surface area contributed by atoms with Gasteiger partial charge in [0, 0.05) is 17.5 Å². The number of halogens is 1. The summed E-state index contributed by atoms with van der Waals surface area (Å²) in [6.07, 6.45) is 4.20. The smallest absolute Gasteiger partial charge is 0.247 e. The second-order valence-electron chi connectivity index (χ2n) is 9.11. The summed E-state index contributed by atoms with van der Waals surface area (Å²) in [5.74, 6) is -1.67. The molecule has 0 bridgehead atoms. The van der Waals surface area contributed by atoms with Crippen LogP contribution in [0.4, 0.5) is 15.9 Å². The van der Waals surface area contributed by atoms with E-state index >= 15 is 0 Å². The molecule has 1 saturated heterocycles. The highest BCUT2D eigenvalue weighted by molar-refractivity contribution is 8.00. The van der Waals surface area contributed by atoms with Crippen LogP contribution in [0.1, 0.15) is 57.8 Å². The molecular formula is C29H20FN5O3S. The van der Waals surface area contributed by atoms with Crippen LogP contribution in [-0.4, -0.2) is 27.8 Å². The number of nitriles is 2. The molecule has 1 saturated carbocycles. The molecule has 2 fully saturated rings. The molecule has 1 aromatic heterocycles. The lowest BCUT2D eigenvalue weighted by Crippen LogP contribution is -2.31.